The molecule has 1 fully saturated rings. The Hall–Kier alpha value is -2.18. The second-order valence-electron chi connectivity index (χ2n) is 4.72. The van der Waals surface area contributed by atoms with E-state index in [9.17, 15) is 9.18 Å². The van der Waals surface area contributed by atoms with Gasteiger partial charge in [0, 0.05) is 18.8 Å². The van der Waals surface area contributed by atoms with Gasteiger partial charge in [0.15, 0.2) is 5.17 Å². The van der Waals surface area contributed by atoms with E-state index in [4.69, 9.17) is 11.6 Å². The zero-order valence-corrected chi connectivity index (χ0v) is 13.6. The van der Waals surface area contributed by atoms with E-state index in [2.05, 4.69) is 9.98 Å². The lowest BCUT2D eigenvalue weighted by molar-refractivity contribution is -0.121. The quantitative estimate of drug-likeness (QED) is 0.768. The molecule has 2 heterocycles. The van der Waals surface area contributed by atoms with Crippen molar-refractivity contribution in [2.75, 3.05) is 7.05 Å². The van der Waals surface area contributed by atoms with Crippen LogP contribution in [-0.4, -0.2) is 28.0 Å². The van der Waals surface area contributed by atoms with E-state index >= 15 is 0 Å². The maximum atomic E-state index is 13.9. The second kappa shape index (κ2) is 6.52. The highest BCUT2D eigenvalue weighted by Crippen LogP contribution is 2.34. The van der Waals surface area contributed by atoms with Gasteiger partial charge < -0.3 is 0 Å². The Balaban J connectivity index is 1.96. The summed E-state index contributed by atoms with van der Waals surface area (Å²) in [4.78, 5) is 22.4. The molecule has 1 aliphatic rings. The van der Waals surface area contributed by atoms with Crippen LogP contribution >= 0.6 is 23.4 Å². The molecule has 7 heteroatoms. The molecule has 116 valence electrons. The van der Waals surface area contributed by atoms with E-state index in [1.54, 1.807) is 37.6 Å². The molecule has 23 heavy (non-hydrogen) atoms. The molecule has 1 aromatic heterocycles. The fraction of sp³-hybridized carbons (Fsp3) is 0.0625. The van der Waals surface area contributed by atoms with Gasteiger partial charge in [0.05, 0.1) is 21.8 Å². The van der Waals surface area contributed by atoms with E-state index < -0.39 is 5.82 Å². The third-order valence-electron chi connectivity index (χ3n) is 3.15. The van der Waals surface area contributed by atoms with E-state index in [1.165, 1.54) is 34.9 Å². The first kappa shape index (κ1) is 15.7. The van der Waals surface area contributed by atoms with Crippen LogP contribution in [0.1, 0.15) is 5.56 Å². The summed E-state index contributed by atoms with van der Waals surface area (Å²) >= 11 is 7.17. The molecule has 0 bridgehead atoms. The van der Waals surface area contributed by atoms with E-state index in [1.807, 2.05) is 0 Å². The lowest BCUT2D eigenvalue weighted by Gasteiger charge is -2.06. The molecular weight excluding hydrogens is 337 g/mol. The van der Waals surface area contributed by atoms with Gasteiger partial charge in [-0.15, -0.1) is 0 Å². The predicted molar refractivity (Wildman–Crippen MR) is 91.1 cm³/mol. The van der Waals surface area contributed by atoms with Gasteiger partial charge in [0.25, 0.3) is 5.91 Å². The molecule has 0 atom stereocenters. The number of aromatic nitrogens is 1. The number of pyridine rings is 1. The summed E-state index contributed by atoms with van der Waals surface area (Å²) in [5.74, 6) is -0.726. The number of thioether (sulfide) groups is 1. The number of hydrogen-bond acceptors (Lipinski definition) is 4. The normalized spacial score (nSPS) is 18.2. The van der Waals surface area contributed by atoms with Crippen LogP contribution in [0.3, 0.4) is 0 Å². The highest BCUT2D eigenvalue weighted by molar-refractivity contribution is 8.18. The zero-order chi connectivity index (χ0) is 16.4. The van der Waals surface area contributed by atoms with Gasteiger partial charge in [0.2, 0.25) is 0 Å². The Kier molecular flexibility index (Phi) is 4.45. The number of hydrogen-bond donors (Lipinski definition) is 0. The number of likely N-dealkylation sites (N-methyl/N-ethyl adjacent to an activating group) is 1. The molecular formula is C16H11ClFN3OS. The van der Waals surface area contributed by atoms with Crippen LogP contribution in [0.15, 0.2) is 52.6 Å². The van der Waals surface area contributed by atoms with Gasteiger partial charge in [-0.1, -0.05) is 17.7 Å². The number of aliphatic imine (C=N–C) groups is 1. The van der Waals surface area contributed by atoms with Gasteiger partial charge >= 0.3 is 0 Å². The second-order valence-corrected chi connectivity index (χ2v) is 6.13. The fourth-order valence-electron chi connectivity index (χ4n) is 1.96. The van der Waals surface area contributed by atoms with Crippen LogP contribution in [0.25, 0.3) is 6.08 Å². The molecule has 0 aliphatic carbocycles. The summed E-state index contributed by atoms with van der Waals surface area (Å²) < 4.78 is 13.9. The van der Waals surface area contributed by atoms with E-state index in [-0.39, 0.29) is 16.5 Å². The molecule has 3 rings (SSSR count). The first-order chi connectivity index (χ1) is 11.1. The minimum atomic E-state index is -0.473. The average molecular weight is 348 g/mol. The van der Waals surface area contributed by atoms with Crippen LogP contribution in [0.2, 0.25) is 5.02 Å². The van der Waals surface area contributed by atoms with Gasteiger partial charge in [0.1, 0.15) is 5.82 Å². The molecule has 1 amide bonds. The van der Waals surface area contributed by atoms with Crippen LogP contribution in [-0.2, 0) is 4.79 Å². The van der Waals surface area contributed by atoms with Crippen molar-refractivity contribution in [3.63, 3.8) is 0 Å². The first-order valence-electron chi connectivity index (χ1n) is 6.66. The summed E-state index contributed by atoms with van der Waals surface area (Å²) in [6.07, 6.45) is 4.69. The van der Waals surface area contributed by atoms with Crippen molar-refractivity contribution in [3.05, 3.63) is 64.0 Å². The minimum absolute atomic E-state index is 0.195. The largest absolute Gasteiger partial charge is 0.290 e. The monoisotopic (exact) mass is 347 g/mol. The Morgan fingerprint density at radius 1 is 1.35 bits per heavy atom. The standard InChI is InChI=1S/C16H11ClFN3OS/c1-21-15(22)14(8-11-12(17)5-2-6-13(11)18)23-16(21)20-10-4-3-7-19-9-10/h2-9H,1H3/b14-8-,20-16?. The Morgan fingerprint density at radius 3 is 2.87 bits per heavy atom. The summed E-state index contributed by atoms with van der Waals surface area (Å²) in [7, 11) is 1.62. The maximum Gasteiger partial charge on any atom is 0.266 e. The summed E-state index contributed by atoms with van der Waals surface area (Å²) in [5.41, 5.74) is 0.834. The predicted octanol–water partition coefficient (Wildman–Crippen LogP) is 4.11. The molecule has 1 saturated heterocycles. The van der Waals surface area contributed by atoms with Crippen molar-refractivity contribution >= 4 is 46.2 Å². The lowest BCUT2D eigenvalue weighted by atomic mass is 10.2. The number of benzene rings is 1. The van der Waals surface area contributed by atoms with Crippen molar-refractivity contribution in [3.8, 4) is 0 Å². The van der Waals surface area contributed by atoms with Crippen LogP contribution in [0, 0.1) is 5.82 Å². The Morgan fingerprint density at radius 2 is 2.17 bits per heavy atom. The van der Waals surface area contributed by atoms with Gasteiger partial charge in [-0.3, -0.25) is 14.7 Å². The number of halogens is 2. The van der Waals surface area contributed by atoms with E-state index in [0.29, 0.717) is 15.8 Å². The van der Waals surface area contributed by atoms with Crippen molar-refractivity contribution in [2.24, 2.45) is 4.99 Å². The maximum absolute atomic E-state index is 13.9. The van der Waals surface area contributed by atoms with Gasteiger partial charge in [-0.2, -0.15) is 0 Å². The third kappa shape index (κ3) is 3.28. The fourth-order valence-corrected chi connectivity index (χ4v) is 3.15. The number of carbonyl (C=O) groups is 1. The summed E-state index contributed by atoms with van der Waals surface area (Å²) in [6, 6.07) is 7.95. The van der Waals surface area contributed by atoms with Crippen molar-refractivity contribution in [2.45, 2.75) is 0 Å². The molecule has 0 unspecified atom stereocenters. The Bertz CT molecular complexity index is 803. The molecule has 0 radical (unpaired) electrons. The molecule has 0 spiro atoms. The summed E-state index contributed by atoms with van der Waals surface area (Å²) in [6.45, 7) is 0. The lowest BCUT2D eigenvalue weighted by Crippen LogP contribution is -2.23. The molecule has 1 aliphatic heterocycles. The zero-order valence-electron chi connectivity index (χ0n) is 12.0. The molecule has 1 aromatic carbocycles. The van der Waals surface area contributed by atoms with Crippen LogP contribution < -0.4 is 0 Å². The number of amidine groups is 1. The third-order valence-corrected chi connectivity index (χ3v) is 4.54. The first-order valence-corrected chi connectivity index (χ1v) is 7.86. The highest BCUT2D eigenvalue weighted by Gasteiger charge is 2.30. The number of carbonyl (C=O) groups excluding carboxylic acids is 1. The van der Waals surface area contributed by atoms with Crippen molar-refractivity contribution in [1.29, 1.82) is 0 Å². The average Bonchev–Trinajstić information content (AvgIpc) is 2.80. The minimum Gasteiger partial charge on any atom is -0.290 e. The topological polar surface area (TPSA) is 45.6 Å². The molecule has 0 N–H and O–H groups in total. The molecule has 2 aromatic rings. The van der Waals surface area contributed by atoms with Crippen molar-refractivity contribution in [1.82, 2.24) is 9.88 Å². The van der Waals surface area contributed by atoms with Crippen molar-refractivity contribution < 1.29 is 9.18 Å². The SMILES string of the molecule is CN1C(=O)/C(=C/c2c(F)cccc2Cl)SC1=Nc1cccnc1. The number of rotatable bonds is 2. The smallest absolute Gasteiger partial charge is 0.266 e. The summed E-state index contributed by atoms with van der Waals surface area (Å²) in [5, 5.41) is 0.757. The van der Waals surface area contributed by atoms with Gasteiger partial charge in [-0.25, -0.2) is 9.38 Å². The number of amides is 1. The van der Waals surface area contributed by atoms with E-state index in [0.717, 1.165) is 0 Å². The number of nitrogens with zero attached hydrogens (tertiary/aromatic N) is 3. The van der Waals surface area contributed by atoms with Gasteiger partial charge in [-0.05, 0) is 42.1 Å². The molecule has 0 saturated carbocycles. The highest BCUT2D eigenvalue weighted by atomic mass is 35.5. The Labute approximate surface area is 141 Å². The van der Waals surface area contributed by atoms with Crippen LogP contribution in [0.4, 0.5) is 10.1 Å². The molecule has 4 nitrogen and oxygen atoms in total. The van der Waals surface area contributed by atoms with Crippen LogP contribution in [0.5, 0.6) is 0 Å².